The molecule has 1 unspecified atom stereocenters. The Balaban J connectivity index is 1.11. The Bertz CT molecular complexity index is 1300. The summed E-state index contributed by atoms with van der Waals surface area (Å²) in [7, 11) is 0. The van der Waals surface area contributed by atoms with E-state index >= 15 is 0 Å². The number of nitrogens with zero attached hydrogens (tertiary/aromatic N) is 7. The van der Waals surface area contributed by atoms with Gasteiger partial charge in [-0.1, -0.05) is 32.9 Å². The van der Waals surface area contributed by atoms with Gasteiger partial charge in [0, 0.05) is 51.0 Å². The molecule has 2 aromatic rings. The Kier molecular flexibility index (Phi) is 10.7. The standard InChI is InChI=1S/C34H53N7O5/c1-22(2)32-37-33(46-38-32)39-12-9-25(10-13-39)24(4)11-15-44-29-19-35-28(18-36-29)40-20-26(17-31(43)45-34(5,6)7)27(21-40)41-14-8-23(3)16-30(41)42/h18-19,22-27H,8-17,20-21H2,1-7H3/t23?,24-,26+,27+/m1/s1. The maximum absolute atomic E-state index is 13.0. The quantitative estimate of drug-likeness (QED) is 0.305. The lowest BCUT2D eigenvalue weighted by Gasteiger charge is -2.37. The Morgan fingerprint density at radius 2 is 1.80 bits per heavy atom. The summed E-state index contributed by atoms with van der Waals surface area (Å²) in [5, 5.41) is 4.10. The molecular formula is C34H53N7O5. The van der Waals surface area contributed by atoms with E-state index in [0.717, 1.165) is 57.0 Å². The van der Waals surface area contributed by atoms with Crippen molar-refractivity contribution < 1.29 is 23.6 Å². The molecule has 0 aromatic carbocycles. The van der Waals surface area contributed by atoms with Gasteiger partial charge in [0.25, 0.3) is 0 Å². The van der Waals surface area contributed by atoms with Crippen LogP contribution in [0.5, 0.6) is 5.88 Å². The van der Waals surface area contributed by atoms with Crippen LogP contribution in [0, 0.1) is 23.7 Å². The second kappa shape index (κ2) is 14.5. The van der Waals surface area contributed by atoms with Gasteiger partial charge in [-0.25, -0.2) is 9.97 Å². The van der Waals surface area contributed by atoms with Crippen molar-refractivity contribution in [1.29, 1.82) is 0 Å². The zero-order valence-electron chi connectivity index (χ0n) is 28.8. The van der Waals surface area contributed by atoms with Crippen molar-refractivity contribution in [3.63, 3.8) is 0 Å². The van der Waals surface area contributed by atoms with Crippen molar-refractivity contribution in [1.82, 2.24) is 25.0 Å². The smallest absolute Gasteiger partial charge is 0.324 e. The van der Waals surface area contributed by atoms with E-state index in [1.807, 2.05) is 25.7 Å². The third-order valence-corrected chi connectivity index (χ3v) is 9.69. The van der Waals surface area contributed by atoms with Crippen molar-refractivity contribution in [3.05, 3.63) is 18.2 Å². The topological polar surface area (TPSA) is 127 Å². The SMILES string of the molecule is CC1CCN([C@H]2CN(c3cnc(OCC[C@@H](C)C4CCN(c5nc(C(C)C)no5)CC4)cn3)C[C@@H]2CC(=O)OC(C)(C)C)C(=O)C1. The second-order valence-corrected chi connectivity index (χ2v) is 14.9. The number of aromatic nitrogens is 4. The van der Waals surface area contributed by atoms with Gasteiger partial charge in [0.05, 0.1) is 31.5 Å². The molecule has 3 saturated heterocycles. The van der Waals surface area contributed by atoms with Gasteiger partial charge in [0.1, 0.15) is 11.4 Å². The zero-order valence-corrected chi connectivity index (χ0v) is 28.8. The Hall–Kier alpha value is -3.44. The van der Waals surface area contributed by atoms with Crippen LogP contribution in [-0.2, 0) is 14.3 Å². The van der Waals surface area contributed by atoms with E-state index in [2.05, 4.69) is 57.6 Å². The van der Waals surface area contributed by atoms with E-state index in [9.17, 15) is 9.59 Å². The van der Waals surface area contributed by atoms with E-state index in [1.165, 1.54) is 0 Å². The Labute approximate surface area is 273 Å². The van der Waals surface area contributed by atoms with Gasteiger partial charge in [0.2, 0.25) is 11.8 Å². The van der Waals surface area contributed by atoms with Gasteiger partial charge in [-0.15, -0.1) is 0 Å². The van der Waals surface area contributed by atoms with Gasteiger partial charge in [-0.3, -0.25) is 9.59 Å². The molecule has 5 heterocycles. The lowest BCUT2D eigenvalue weighted by Crippen LogP contribution is -2.49. The third-order valence-electron chi connectivity index (χ3n) is 9.69. The average Bonchev–Trinajstić information content (AvgIpc) is 3.65. The summed E-state index contributed by atoms with van der Waals surface area (Å²) in [6, 6.07) is 0.570. The van der Waals surface area contributed by atoms with Crippen molar-refractivity contribution in [2.24, 2.45) is 23.7 Å². The highest BCUT2D eigenvalue weighted by Gasteiger charge is 2.42. The highest BCUT2D eigenvalue weighted by atomic mass is 16.6. The number of carbonyl (C=O) groups excluding carboxylic acids is 2. The minimum Gasteiger partial charge on any atom is -0.477 e. The maximum Gasteiger partial charge on any atom is 0.324 e. The molecule has 5 rings (SSSR count). The molecule has 46 heavy (non-hydrogen) atoms. The van der Waals surface area contributed by atoms with Gasteiger partial charge < -0.3 is 28.7 Å². The summed E-state index contributed by atoms with van der Waals surface area (Å²) in [5.41, 5.74) is -0.550. The monoisotopic (exact) mass is 639 g/mol. The largest absolute Gasteiger partial charge is 0.477 e. The molecule has 3 aliphatic heterocycles. The van der Waals surface area contributed by atoms with Crippen molar-refractivity contribution in [2.75, 3.05) is 49.1 Å². The van der Waals surface area contributed by atoms with Crippen molar-refractivity contribution >= 4 is 23.7 Å². The van der Waals surface area contributed by atoms with Crippen LogP contribution in [0.15, 0.2) is 16.9 Å². The van der Waals surface area contributed by atoms with Gasteiger partial charge in [0.15, 0.2) is 5.82 Å². The molecule has 0 radical (unpaired) electrons. The minimum atomic E-state index is -0.550. The summed E-state index contributed by atoms with van der Waals surface area (Å²) in [6.45, 7) is 18.6. The highest BCUT2D eigenvalue weighted by molar-refractivity contribution is 5.78. The number of esters is 1. The molecule has 4 atom stereocenters. The van der Waals surface area contributed by atoms with Crippen molar-refractivity contribution in [3.8, 4) is 5.88 Å². The van der Waals surface area contributed by atoms with Crippen molar-refractivity contribution in [2.45, 2.75) is 105 Å². The number of hydrogen-bond acceptors (Lipinski definition) is 11. The third kappa shape index (κ3) is 8.67. The fourth-order valence-electron chi connectivity index (χ4n) is 6.93. The number of carbonyl (C=O) groups is 2. The number of hydrogen-bond donors (Lipinski definition) is 0. The van der Waals surface area contributed by atoms with Crippen LogP contribution in [0.2, 0.25) is 0 Å². The van der Waals surface area contributed by atoms with E-state index in [-0.39, 0.29) is 36.2 Å². The van der Waals surface area contributed by atoms with Crippen LogP contribution in [0.1, 0.15) is 98.7 Å². The number of anilines is 2. The molecule has 2 aromatic heterocycles. The Morgan fingerprint density at radius 1 is 1.04 bits per heavy atom. The lowest BCUT2D eigenvalue weighted by atomic mass is 9.84. The first kappa shape index (κ1) is 33.9. The molecule has 0 spiro atoms. The lowest BCUT2D eigenvalue weighted by molar-refractivity contribution is -0.157. The molecule has 1 amide bonds. The van der Waals surface area contributed by atoms with Crippen LogP contribution < -0.4 is 14.5 Å². The first-order valence-electron chi connectivity index (χ1n) is 17.2. The zero-order chi connectivity index (χ0) is 33.0. The fraction of sp³-hybridized carbons (Fsp3) is 0.765. The normalized spacial score (nSPS) is 23.7. The van der Waals surface area contributed by atoms with Gasteiger partial charge in [-0.05, 0) is 64.2 Å². The molecular weight excluding hydrogens is 586 g/mol. The van der Waals surface area contributed by atoms with Crippen LogP contribution in [0.25, 0.3) is 0 Å². The fourth-order valence-corrected chi connectivity index (χ4v) is 6.93. The number of rotatable bonds is 11. The summed E-state index contributed by atoms with van der Waals surface area (Å²) in [5.74, 6) is 3.67. The summed E-state index contributed by atoms with van der Waals surface area (Å²) in [6.07, 6.45) is 8.32. The number of ether oxygens (including phenoxy) is 2. The summed E-state index contributed by atoms with van der Waals surface area (Å²) >= 11 is 0. The molecule has 12 nitrogen and oxygen atoms in total. The predicted molar refractivity (Wildman–Crippen MR) is 175 cm³/mol. The number of piperidine rings is 2. The van der Waals surface area contributed by atoms with Crippen LogP contribution in [-0.4, -0.2) is 87.9 Å². The minimum absolute atomic E-state index is 0.0391. The highest BCUT2D eigenvalue weighted by Crippen LogP contribution is 2.33. The van der Waals surface area contributed by atoms with Crippen LogP contribution in [0.4, 0.5) is 11.8 Å². The molecule has 0 saturated carbocycles. The maximum atomic E-state index is 13.0. The molecule has 0 bridgehead atoms. The van der Waals surface area contributed by atoms with Gasteiger partial charge >= 0.3 is 12.0 Å². The van der Waals surface area contributed by atoms with Gasteiger partial charge in [-0.2, -0.15) is 4.98 Å². The average molecular weight is 640 g/mol. The van der Waals surface area contributed by atoms with Crippen LogP contribution >= 0.6 is 0 Å². The van der Waals surface area contributed by atoms with Crippen LogP contribution in [0.3, 0.4) is 0 Å². The molecule has 254 valence electrons. The molecule has 3 aliphatic rings. The number of amides is 1. The van der Waals surface area contributed by atoms with E-state index in [4.69, 9.17) is 14.0 Å². The molecule has 0 aliphatic carbocycles. The predicted octanol–water partition coefficient (Wildman–Crippen LogP) is 5.10. The number of likely N-dealkylation sites (tertiary alicyclic amines) is 1. The summed E-state index contributed by atoms with van der Waals surface area (Å²) < 4.78 is 17.1. The van der Waals surface area contributed by atoms with E-state index in [1.54, 1.807) is 12.4 Å². The second-order valence-electron chi connectivity index (χ2n) is 14.9. The van der Waals surface area contributed by atoms with E-state index in [0.29, 0.717) is 55.8 Å². The molecule has 3 fully saturated rings. The first-order valence-corrected chi connectivity index (χ1v) is 17.2. The van der Waals surface area contributed by atoms with E-state index < -0.39 is 5.60 Å². The molecule has 0 N–H and O–H groups in total. The Morgan fingerprint density at radius 3 is 2.43 bits per heavy atom. The first-order chi connectivity index (χ1) is 21.9. The molecule has 12 heteroatoms. The summed E-state index contributed by atoms with van der Waals surface area (Å²) in [4.78, 5) is 45.9.